The number of rotatable bonds is 2. The molecule has 2 aromatic carbocycles. The molecule has 0 saturated carbocycles. The van der Waals surface area contributed by atoms with Gasteiger partial charge in [0.25, 0.3) is 11.6 Å². The van der Waals surface area contributed by atoms with Crippen molar-refractivity contribution in [3.63, 3.8) is 0 Å². The van der Waals surface area contributed by atoms with Gasteiger partial charge in [-0.15, -0.1) is 0 Å². The van der Waals surface area contributed by atoms with Crippen molar-refractivity contribution in [1.29, 1.82) is 0 Å². The first-order valence-electron chi connectivity index (χ1n) is 7.66. The number of hydrogen-bond donors (Lipinski definition) is 0. The molecule has 0 atom stereocenters. The summed E-state index contributed by atoms with van der Waals surface area (Å²) in [6.45, 7) is 0.363. The Morgan fingerprint density at radius 2 is 1.96 bits per heavy atom. The van der Waals surface area contributed by atoms with Crippen LogP contribution in [0.2, 0.25) is 0 Å². The first-order chi connectivity index (χ1) is 12.0. The highest BCUT2D eigenvalue weighted by atomic mass is 16.6. The van der Waals surface area contributed by atoms with Gasteiger partial charge in [0.2, 0.25) is 0 Å². The van der Waals surface area contributed by atoms with Gasteiger partial charge < -0.3 is 9.32 Å². The first kappa shape index (κ1) is 15.1. The van der Waals surface area contributed by atoms with E-state index in [2.05, 4.69) is 0 Å². The lowest BCUT2D eigenvalue weighted by molar-refractivity contribution is -0.384. The van der Waals surface area contributed by atoms with Gasteiger partial charge in [-0.3, -0.25) is 14.9 Å². The van der Waals surface area contributed by atoms with E-state index >= 15 is 0 Å². The Balaban J connectivity index is 1.79. The second-order valence-corrected chi connectivity index (χ2v) is 5.76. The molecule has 124 valence electrons. The molecule has 2 heterocycles. The number of benzene rings is 2. The van der Waals surface area contributed by atoms with Crippen LogP contribution in [0.5, 0.6) is 0 Å². The summed E-state index contributed by atoms with van der Waals surface area (Å²) < 4.78 is 5.21. The summed E-state index contributed by atoms with van der Waals surface area (Å²) in [5.74, 6) is -0.515. The summed E-state index contributed by atoms with van der Waals surface area (Å²) in [6, 6.07) is 12.8. The van der Waals surface area contributed by atoms with Crippen molar-refractivity contribution in [2.24, 2.45) is 0 Å². The average Bonchev–Trinajstić information content (AvgIpc) is 3.03. The van der Waals surface area contributed by atoms with Gasteiger partial charge in [-0.2, -0.15) is 0 Å². The number of amides is 1. The van der Waals surface area contributed by atoms with Gasteiger partial charge in [0.05, 0.1) is 10.6 Å². The van der Waals surface area contributed by atoms with Crippen LogP contribution in [0.1, 0.15) is 15.9 Å². The molecule has 25 heavy (non-hydrogen) atoms. The number of nitro benzene ring substituents is 1. The second kappa shape index (κ2) is 5.55. The third-order valence-corrected chi connectivity index (χ3v) is 4.29. The Morgan fingerprint density at radius 1 is 1.16 bits per heavy atom. The molecule has 7 nitrogen and oxygen atoms in total. The van der Waals surface area contributed by atoms with Crippen molar-refractivity contribution in [1.82, 2.24) is 0 Å². The van der Waals surface area contributed by atoms with Crippen LogP contribution in [0.25, 0.3) is 11.0 Å². The SMILES string of the molecule is O=C(c1cc2ccccc2oc1=O)N1CCc2ccc([N+](=O)[O-])cc21. The minimum absolute atomic E-state index is 0.0851. The van der Waals surface area contributed by atoms with Crippen molar-refractivity contribution in [3.05, 3.63) is 80.2 Å². The molecule has 4 rings (SSSR count). The van der Waals surface area contributed by atoms with Gasteiger partial charge in [0, 0.05) is 24.1 Å². The highest BCUT2D eigenvalue weighted by molar-refractivity contribution is 6.08. The molecule has 0 fully saturated rings. The van der Waals surface area contributed by atoms with Crippen LogP contribution < -0.4 is 10.5 Å². The van der Waals surface area contributed by atoms with E-state index in [4.69, 9.17) is 4.42 Å². The van der Waals surface area contributed by atoms with Crippen molar-refractivity contribution in [2.75, 3.05) is 11.4 Å². The molecule has 0 unspecified atom stereocenters. The third-order valence-electron chi connectivity index (χ3n) is 4.29. The van der Waals surface area contributed by atoms with Crippen LogP contribution in [0, 0.1) is 10.1 Å². The number of para-hydroxylation sites is 1. The van der Waals surface area contributed by atoms with Crippen molar-refractivity contribution in [3.8, 4) is 0 Å². The van der Waals surface area contributed by atoms with Crippen LogP contribution in [-0.4, -0.2) is 17.4 Å². The summed E-state index contributed by atoms with van der Waals surface area (Å²) >= 11 is 0. The van der Waals surface area contributed by atoms with E-state index < -0.39 is 16.5 Å². The zero-order valence-corrected chi connectivity index (χ0v) is 13.0. The number of nitrogens with zero attached hydrogens (tertiary/aromatic N) is 2. The predicted octanol–water partition coefficient (Wildman–Crippen LogP) is 2.90. The van der Waals surface area contributed by atoms with E-state index in [1.807, 2.05) is 0 Å². The number of anilines is 1. The maximum atomic E-state index is 12.9. The molecule has 0 bridgehead atoms. The molecule has 1 aliphatic heterocycles. The first-order valence-corrected chi connectivity index (χ1v) is 7.66. The van der Waals surface area contributed by atoms with Crippen LogP contribution in [0.15, 0.2) is 57.7 Å². The van der Waals surface area contributed by atoms with Crippen LogP contribution in [0.4, 0.5) is 11.4 Å². The fourth-order valence-corrected chi connectivity index (χ4v) is 3.05. The molecule has 0 saturated heterocycles. The highest BCUT2D eigenvalue weighted by Crippen LogP contribution is 2.32. The average molecular weight is 336 g/mol. The second-order valence-electron chi connectivity index (χ2n) is 5.76. The number of carbonyl (C=O) groups excluding carboxylic acids is 1. The minimum atomic E-state index is -0.720. The zero-order chi connectivity index (χ0) is 17.6. The Bertz CT molecular complexity index is 1090. The number of non-ortho nitro benzene ring substituents is 1. The van der Waals surface area contributed by atoms with Crippen molar-refractivity contribution < 1.29 is 14.1 Å². The molecule has 7 heteroatoms. The predicted molar refractivity (Wildman–Crippen MR) is 91.0 cm³/mol. The van der Waals surface area contributed by atoms with E-state index in [9.17, 15) is 19.7 Å². The maximum Gasteiger partial charge on any atom is 0.349 e. The Kier molecular flexibility index (Phi) is 3.35. The fourth-order valence-electron chi connectivity index (χ4n) is 3.05. The molecular weight excluding hydrogens is 324 g/mol. The summed E-state index contributed by atoms with van der Waals surface area (Å²) in [6.07, 6.45) is 0.581. The van der Waals surface area contributed by atoms with Crippen LogP contribution >= 0.6 is 0 Å². The number of nitro groups is 1. The topological polar surface area (TPSA) is 93.7 Å². The molecule has 3 aromatic rings. The Morgan fingerprint density at radius 3 is 2.76 bits per heavy atom. The summed E-state index contributed by atoms with van der Waals surface area (Å²) in [5, 5.41) is 11.6. The maximum absolute atomic E-state index is 12.9. The normalized spacial score (nSPS) is 13.0. The standard InChI is InChI=1S/C18H12N2O5/c21-17(14-9-12-3-1-2-4-16(12)25-18(14)22)19-8-7-11-5-6-13(20(23)24)10-15(11)19/h1-6,9-10H,7-8H2. The molecule has 1 amide bonds. The van der Waals surface area contributed by atoms with Gasteiger partial charge in [-0.05, 0) is 24.1 Å². The molecule has 1 aliphatic rings. The van der Waals surface area contributed by atoms with Crippen molar-refractivity contribution >= 4 is 28.3 Å². The Hall–Kier alpha value is -3.48. The largest absolute Gasteiger partial charge is 0.422 e. The van der Waals surface area contributed by atoms with Crippen molar-refractivity contribution in [2.45, 2.75) is 6.42 Å². The molecular formula is C18H12N2O5. The van der Waals surface area contributed by atoms with Gasteiger partial charge in [0.15, 0.2) is 0 Å². The fraction of sp³-hybridized carbons (Fsp3) is 0.111. The van der Waals surface area contributed by atoms with E-state index in [0.717, 1.165) is 5.56 Å². The summed E-state index contributed by atoms with van der Waals surface area (Å²) in [7, 11) is 0. The number of fused-ring (bicyclic) bond motifs is 2. The lowest BCUT2D eigenvalue weighted by Gasteiger charge is -2.16. The van der Waals surface area contributed by atoms with Crippen LogP contribution in [0.3, 0.4) is 0 Å². The molecule has 1 aromatic heterocycles. The van der Waals surface area contributed by atoms with E-state index in [0.29, 0.717) is 29.6 Å². The smallest absolute Gasteiger partial charge is 0.349 e. The minimum Gasteiger partial charge on any atom is -0.422 e. The Labute approximate surface area is 141 Å². The highest BCUT2D eigenvalue weighted by Gasteiger charge is 2.29. The number of hydrogen-bond acceptors (Lipinski definition) is 5. The monoisotopic (exact) mass is 336 g/mol. The van der Waals surface area contributed by atoms with E-state index in [1.54, 1.807) is 30.3 Å². The molecule has 0 spiro atoms. The lowest BCUT2D eigenvalue weighted by Crippen LogP contribution is -2.32. The summed E-state index contributed by atoms with van der Waals surface area (Å²) in [4.78, 5) is 36.9. The molecule has 0 aliphatic carbocycles. The zero-order valence-electron chi connectivity index (χ0n) is 13.0. The van der Waals surface area contributed by atoms with Crippen LogP contribution in [-0.2, 0) is 6.42 Å². The van der Waals surface area contributed by atoms with E-state index in [1.165, 1.54) is 23.1 Å². The molecule has 0 N–H and O–H groups in total. The lowest BCUT2D eigenvalue weighted by atomic mass is 10.1. The third kappa shape index (κ3) is 2.46. The number of carbonyl (C=O) groups is 1. The summed E-state index contributed by atoms with van der Waals surface area (Å²) in [5.41, 5.74) is 0.807. The van der Waals surface area contributed by atoms with E-state index in [-0.39, 0.29) is 11.3 Å². The van der Waals surface area contributed by atoms with Gasteiger partial charge in [-0.1, -0.05) is 24.3 Å². The van der Waals surface area contributed by atoms with Gasteiger partial charge >= 0.3 is 5.63 Å². The molecule has 0 radical (unpaired) electrons. The van der Waals surface area contributed by atoms with Gasteiger partial charge in [0.1, 0.15) is 11.1 Å². The quantitative estimate of drug-likeness (QED) is 0.407. The van der Waals surface area contributed by atoms with Gasteiger partial charge in [-0.25, -0.2) is 4.79 Å².